The molecule has 0 aliphatic rings. The number of amides is 1. The first-order chi connectivity index (χ1) is 6.86. The average Bonchev–Trinajstić information content (AvgIpc) is 2.16. The second-order valence-electron chi connectivity index (χ2n) is 4.13. The normalized spacial score (nSPS) is 13.7. The third-order valence-corrected chi connectivity index (χ3v) is 7.35. The topological polar surface area (TPSA) is 53.8 Å². The number of nitrogens with zero attached hydrogens (tertiary/aromatic N) is 2. The van der Waals surface area contributed by atoms with Crippen LogP contribution >= 0.6 is 0 Å². The Hall–Kier alpha value is -0.651. The molecule has 0 rings (SSSR count). The zero-order chi connectivity index (χ0) is 12.1. The Morgan fingerprint density at radius 2 is 1.93 bits per heavy atom. The molecule has 0 atom stereocenters. The molecule has 0 aliphatic carbocycles. The van der Waals surface area contributed by atoms with Crippen LogP contribution in [-0.2, 0) is 4.79 Å². The molecule has 5 heteroatoms. The van der Waals surface area contributed by atoms with E-state index in [0.717, 1.165) is 3.73 Å². The van der Waals surface area contributed by atoms with Crippen molar-refractivity contribution in [3.8, 4) is 0 Å². The Morgan fingerprint density at radius 3 is 2.20 bits per heavy atom. The Kier molecular flexibility index (Phi) is 5.78. The first-order valence-electron chi connectivity index (χ1n) is 4.74. The molecule has 0 spiro atoms. The van der Waals surface area contributed by atoms with Crippen molar-refractivity contribution < 1.29 is 4.79 Å². The zero-order valence-electron chi connectivity index (χ0n) is 10.1. The Balaban J connectivity index is 5.15. The van der Waals surface area contributed by atoms with E-state index >= 15 is 0 Å². The molecule has 1 amide bonds. The van der Waals surface area contributed by atoms with Gasteiger partial charge in [0.15, 0.2) is 0 Å². The summed E-state index contributed by atoms with van der Waals surface area (Å²) < 4.78 is 1.02. The van der Waals surface area contributed by atoms with Gasteiger partial charge in [0.1, 0.15) is 0 Å². The van der Waals surface area contributed by atoms with E-state index in [1.165, 1.54) is 0 Å². The van der Waals surface area contributed by atoms with Gasteiger partial charge in [-0.2, -0.15) is 0 Å². The van der Waals surface area contributed by atoms with Gasteiger partial charge in [-0.15, -0.1) is 0 Å². The molecular formula is C10H19N3OSn. The Labute approximate surface area is 95.5 Å². The number of carbonyl (C=O) groups is 1. The van der Waals surface area contributed by atoms with Crippen molar-refractivity contribution in [1.82, 2.24) is 5.32 Å². The zero-order valence-corrected chi connectivity index (χ0v) is 12.9. The monoisotopic (exact) mass is 317 g/mol. The number of hydrogen-bond acceptors (Lipinski definition) is 3. The number of likely N-dealkylation sites (N-methyl/N-ethyl adjacent to an activating group) is 1. The maximum absolute atomic E-state index is 11.4. The van der Waals surface area contributed by atoms with Crippen LogP contribution in [0.5, 0.6) is 0 Å². The van der Waals surface area contributed by atoms with Crippen LogP contribution in [-0.4, -0.2) is 48.8 Å². The fraction of sp³-hybridized carbons (Fsp3) is 0.500. The first kappa shape index (κ1) is 14.3. The summed E-state index contributed by atoms with van der Waals surface area (Å²) in [5.74, 6) is -0.221. The van der Waals surface area contributed by atoms with Crippen LogP contribution in [0.1, 0.15) is 0 Å². The van der Waals surface area contributed by atoms with Crippen molar-refractivity contribution in [1.29, 1.82) is 0 Å². The molecule has 0 saturated carbocycles. The van der Waals surface area contributed by atoms with Crippen LogP contribution in [0.2, 0.25) is 14.8 Å². The van der Waals surface area contributed by atoms with Gasteiger partial charge in [-0.3, -0.25) is 0 Å². The summed E-state index contributed by atoms with van der Waals surface area (Å²) in [6.07, 6.45) is 1.75. The molecule has 0 aromatic rings. The van der Waals surface area contributed by atoms with E-state index in [1.807, 2.05) is 0 Å². The molecule has 0 unspecified atom stereocenters. The molecule has 0 aromatic heterocycles. The minimum absolute atomic E-state index is 0.221. The standard InChI is InChI=1S/C7H10N3O.3CH3.Sn/c1-8-5-4-6(9-2)7(11)10-3;;;;/h4H,2H2,1,3H3,(H,10,11);3*1H3;/b6-4-,8-5?;;;;. The maximum atomic E-state index is 11.4. The predicted molar refractivity (Wildman–Crippen MR) is 68.4 cm³/mol. The third-order valence-electron chi connectivity index (χ3n) is 1.91. The van der Waals surface area contributed by atoms with Crippen molar-refractivity contribution in [3.63, 3.8) is 0 Å². The van der Waals surface area contributed by atoms with Crippen molar-refractivity contribution in [2.75, 3.05) is 14.1 Å². The quantitative estimate of drug-likeness (QED) is 0.474. The van der Waals surface area contributed by atoms with Crippen molar-refractivity contribution in [2.24, 2.45) is 9.98 Å². The molecule has 0 fully saturated rings. The molecule has 0 aliphatic heterocycles. The van der Waals surface area contributed by atoms with Crippen molar-refractivity contribution in [3.05, 3.63) is 11.8 Å². The number of hydrogen-bond donors (Lipinski definition) is 1. The first-order valence-corrected chi connectivity index (χ1v) is 14.7. The molecule has 4 nitrogen and oxygen atoms in total. The Bertz CT molecular complexity index is 313. The molecule has 0 heterocycles. The molecule has 0 aromatic carbocycles. The summed E-state index contributed by atoms with van der Waals surface area (Å²) in [7, 11) is 3.32. The number of allylic oxidation sites excluding steroid dienone is 1. The fourth-order valence-corrected chi connectivity index (χ4v) is 4.60. The van der Waals surface area contributed by atoms with E-state index in [1.54, 1.807) is 20.2 Å². The summed E-state index contributed by atoms with van der Waals surface area (Å²) in [4.78, 5) is 26.0. The molecule has 0 bridgehead atoms. The van der Waals surface area contributed by atoms with E-state index in [2.05, 4.69) is 36.8 Å². The molecule has 0 radical (unpaired) electrons. The van der Waals surface area contributed by atoms with Gasteiger partial charge in [-0.05, 0) is 0 Å². The summed E-state index contributed by atoms with van der Waals surface area (Å²) >= 11 is -2.24. The predicted octanol–water partition coefficient (Wildman–Crippen LogP) is 1.27. The van der Waals surface area contributed by atoms with Gasteiger partial charge in [0.25, 0.3) is 0 Å². The van der Waals surface area contributed by atoms with Crippen LogP contribution in [0.25, 0.3) is 0 Å². The number of nitrogens with one attached hydrogen (secondary N) is 1. The fourth-order valence-electron chi connectivity index (χ4n) is 1.06. The molecule has 1 N–H and O–H groups in total. The van der Waals surface area contributed by atoms with Crippen LogP contribution in [0.4, 0.5) is 0 Å². The van der Waals surface area contributed by atoms with Crippen LogP contribution in [0, 0.1) is 0 Å². The SMILES string of the molecule is C=N/C(=C\[C](=NC)[Sn]([CH3])([CH3])[CH3])C(=O)NC. The summed E-state index contributed by atoms with van der Waals surface area (Å²) in [6, 6.07) is 0. The number of rotatable bonds is 4. The van der Waals surface area contributed by atoms with Crippen molar-refractivity contribution in [2.45, 2.75) is 14.8 Å². The van der Waals surface area contributed by atoms with Crippen LogP contribution < -0.4 is 5.32 Å². The number of carbonyl (C=O) groups excluding carboxylic acids is 1. The molecule has 0 saturated heterocycles. The van der Waals surface area contributed by atoms with Gasteiger partial charge in [-0.25, -0.2) is 0 Å². The summed E-state index contributed by atoms with van der Waals surface area (Å²) in [5.41, 5.74) is 0.338. The Morgan fingerprint density at radius 1 is 1.40 bits per heavy atom. The molecular weight excluding hydrogens is 297 g/mol. The molecule has 84 valence electrons. The molecule has 15 heavy (non-hydrogen) atoms. The van der Waals surface area contributed by atoms with Gasteiger partial charge in [0.2, 0.25) is 0 Å². The third kappa shape index (κ3) is 4.59. The van der Waals surface area contributed by atoms with E-state index in [9.17, 15) is 4.79 Å². The second kappa shape index (κ2) is 6.05. The van der Waals surface area contributed by atoms with Gasteiger partial charge >= 0.3 is 95.5 Å². The summed E-state index contributed by atoms with van der Waals surface area (Å²) in [6.45, 7) is 3.39. The van der Waals surface area contributed by atoms with Crippen LogP contribution in [0.15, 0.2) is 21.8 Å². The van der Waals surface area contributed by atoms with Crippen molar-refractivity contribution >= 4 is 34.7 Å². The minimum atomic E-state index is -2.24. The van der Waals surface area contributed by atoms with Crippen LogP contribution in [0.3, 0.4) is 0 Å². The second-order valence-corrected chi connectivity index (χ2v) is 18.4. The van der Waals surface area contributed by atoms with E-state index < -0.39 is 18.4 Å². The van der Waals surface area contributed by atoms with E-state index in [-0.39, 0.29) is 5.91 Å². The van der Waals surface area contributed by atoms with Gasteiger partial charge in [-0.1, -0.05) is 0 Å². The van der Waals surface area contributed by atoms with Gasteiger partial charge in [0, 0.05) is 0 Å². The van der Waals surface area contributed by atoms with Gasteiger partial charge < -0.3 is 0 Å². The van der Waals surface area contributed by atoms with E-state index in [4.69, 9.17) is 0 Å². The number of aliphatic imine (C=N–C) groups is 2. The van der Waals surface area contributed by atoms with E-state index in [0.29, 0.717) is 5.70 Å². The summed E-state index contributed by atoms with van der Waals surface area (Å²) in [5, 5.41) is 2.52. The average molecular weight is 316 g/mol. The van der Waals surface area contributed by atoms with Gasteiger partial charge in [0.05, 0.1) is 0 Å².